The molecular weight excluding hydrogens is 268 g/mol. The van der Waals surface area contributed by atoms with Crippen LogP contribution in [0.2, 0.25) is 0 Å². The van der Waals surface area contributed by atoms with Crippen LogP contribution in [0.5, 0.6) is 6.01 Å². The smallest absolute Gasteiger partial charge is 0.323 e. The number of nitrogens with zero attached hydrogens (tertiary/aromatic N) is 5. The minimum atomic E-state index is 0.308. The average molecular weight is 290 g/mol. The Hall–Kier alpha value is -2.18. The fourth-order valence-corrected chi connectivity index (χ4v) is 1.72. The zero-order valence-electron chi connectivity index (χ0n) is 13.0. The zero-order chi connectivity index (χ0) is 15.2. The Bertz CT molecular complexity index is 581. The van der Waals surface area contributed by atoms with Gasteiger partial charge in [-0.1, -0.05) is 20.8 Å². The van der Waals surface area contributed by atoms with E-state index in [0.717, 1.165) is 18.7 Å². The highest BCUT2D eigenvalue weighted by molar-refractivity contribution is 5.30. The highest BCUT2D eigenvalue weighted by atomic mass is 16.5. The van der Waals surface area contributed by atoms with E-state index in [2.05, 4.69) is 46.1 Å². The first kappa shape index (κ1) is 15.2. The molecule has 114 valence electrons. The molecule has 1 N–H and O–H groups in total. The van der Waals surface area contributed by atoms with Crippen LogP contribution in [-0.2, 0) is 0 Å². The lowest BCUT2D eigenvalue weighted by atomic mass is 10.1. The Morgan fingerprint density at radius 1 is 1.24 bits per heavy atom. The van der Waals surface area contributed by atoms with Crippen LogP contribution in [0.3, 0.4) is 0 Å². The minimum Gasteiger partial charge on any atom is -0.464 e. The number of rotatable bonds is 7. The fraction of sp³-hybridized carbons (Fsp3) is 0.571. The molecule has 0 unspecified atom stereocenters. The standard InChI is InChI=1S/C14H22N6O/c1-5-8-15-12-16-13(18-14(17-12)21-6-2)20-9-7-11(19-20)10(3)4/h7,9-10H,5-6,8H2,1-4H3,(H,15,16,17,18). The van der Waals surface area contributed by atoms with E-state index in [1.54, 1.807) is 4.68 Å². The molecule has 0 atom stereocenters. The molecule has 0 aliphatic rings. The summed E-state index contributed by atoms with van der Waals surface area (Å²) in [6, 6.07) is 2.27. The normalized spacial score (nSPS) is 10.9. The first-order chi connectivity index (χ1) is 10.1. The Balaban J connectivity index is 2.33. The highest BCUT2D eigenvalue weighted by Gasteiger charge is 2.11. The van der Waals surface area contributed by atoms with Gasteiger partial charge in [-0.05, 0) is 25.3 Å². The molecule has 2 aromatic rings. The van der Waals surface area contributed by atoms with Crippen LogP contribution >= 0.6 is 0 Å². The van der Waals surface area contributed by atoms with Gasteiger partial charge in [0.25, 0.3) is 5.95 Å². The van der Waals surface area contributed by atoms with Crippen molar-refractivity contribution in [2.24, 2.45) is 0 Å². The van der Waals surface area contributed by atoms with E-state index in [1.165, 1.54) is 0 Å². The van der Waals surface area contributed by atoms with E-state index in [1.807, 2.05) is 19.2 Å². The van der Waals surface area contributed by atoms with Gasteiger partial charge in [0.2, 0.25) is 5.95 Å². The lowest BCUT2D eigenvalue weighted by molar-refractivity contribution is 0.311. The second-order valence-electron chi connectivity index (χ2n) is 4.94. The Morgan fingerprint density at radius 2 is 2.05 bits per heavy atom. The maximum Gasteiger partial charge on any atom is 0.323 e. The van der Waals surface area contributed by atoms with Gasteiger partial charge in [0.1, 0.15) is 0 Å². The molecule has 0 amide bonds. The third kappa shape index (κ3) is 3.90. The van der Waals surface area contributed by atoms with Crippen LogP contribution in [-0.4, -0.2) is 37.9 Å². The van der Waals surface area contributed by atoms with Gasteiger partial charge in [0.05, 0.1) is 12.3 Å². The molecule has 7 heteroatoms. The fourth-order valence-electron chi connectivity index (χ4n) is 1.72. The quantitative estimate of drug-likeness (QED) is 0.843. The van der Waals surface area contributed by atoms with E-state index in [-0.39, 0.29) is 0 Å². The van der Waals surface area contributed by atoms with Gasteiger partial charge in [-0.2, -0.15) is 20.1 Å². The molecule has 2 rings (SSSR count). The summed E-state index contributed by atoms with van der Waals surface area (Å²) in [6.45, 7) is 9.48. The Morgan fingerprint density at radius 3 is 2.67 bits per heavy atom. The monoisotopic (exact) mass is 290 g/mol. The zero-order valence-corrected chi connectivity index (χ0v) is 13.0. The molecule has 0 bridgehead atoms. The van der Waals surface area contributed by atoms with Crippen molar-refractivity contribution in [3.05, 3.63) is 18.0 Å². The summed E-state index contributed by atoms with van der Waals surface area (Å²) in [5, 5.41) is 7.63. The molecule has 21 heavy (non-hydrogen) atoms. The third-order valence-corrected chi connectivity index (χ3v) is 2.82. The van der Waals surface area contributed by atoms with Crippen molar-refractivity contribution < 1.29 is 4.74 Å². The molecule has 0 radical (unpaired) electrons. The van der Waals surface area contributed by atoms with Gasteiger partial charge in [0, 0.05) is 12.7 Å². The first-order valence-corrected chi connectivity index (χ1v) is 7.32. The molecule has 0 aliphatic heterocycles. The van der Waals surface area contributed by atoms with Gasteiger partial charge in [0.15, 0.2) is 0 Å². The minimum absolute atomic E-state index is 0.308. The molecule has 0 aromatic carbocycles. The number of ether oxygens (including phenoxy) is 1. The van der Waals surface area contributed by atoms with Crippen LogP contribution in [0.15, 0.2) is 12.3 Å². The lowest BCUT2D eigenvalue weighted by Gasteiger charge is -2.08. The van der Waals surface area contributed by atoms with Gasteiger partial charge in [-0.15, -0.1) is 0 Å². The van der Waals surface area contributed by atoms with Crippen LogP contribution in [0.1, 0.15) is 45.7 Å². The lowest BCUT2D eigenvalue weighted by Crippen LogP contribution is -2.12. The van der Waals surface area contributed by atoms with E-state index < -0.39 is 0 Å². The van der Waals surface area contributed by atoms with E-state index in [0.29, 0.717) is 30.4 Å². The maximum atomic E-state index is 5.40. The van der Waals surface area contributed by atoms with Gasteiger partial charge >= 0.3 is 6.01 Å². The van der Waals surface area contributed by atoms with Gasteiger partial charge in [-0.3, -0.25) is 0 Å². The van der Waals surface area contributed by atoms with Crippen LogP contribution in [0.25, 0.3) is 5.95 Å². The van der Waals surface area contributed by atoms with Crippen molar-refractivity contribution in [2.75, 3.05) is 18.5 Å². The molecule has 0 aliphatic carbocycles. The number of anilines is 1. The van der Waals surface area contributed by atoms with Crippen molar-refractivity contribution >= 4 is 5.95 Å². The summed E-state index contributed by atoms with van der Waals surface area (Å²) in [7, 11) is 0. The predicted molar refractivity (Wildman–Crippen MR) is 81.0 cm³/mol. The van der Waals surface area contributed by atoms with Gasteiger partial charge in [-0.25, -0.2) is 4.68 Å². The van der Waals surface area contributed by atoms with Crippen molar-refractivity contribution in [3.63, 3.8) is 0 Å². The molecule has 0 fully saturated rings. The van der Waals surface area contributed by atoms with Crippen LogP contribution in [0, 0.1) is 0 Å². The van der Waals surface area contributed by atoms with E-state index in [4.69, 9.17) is 4.74 Å². The number of nitrogens with one attached hydrogen (secondary N) is 1. The topological polar surface area (TPSA) is 77.8 Å². The second-order valence-corrected chi connectivity index (χ2v) is 4.94. The number of hydrogen-bond acceptors (Lipinski definition) is 6. The molecular formula is C14H22N6O. The summed E-state index contributed by atoms with van der Waals surface area (Å²) in [5.41, 5.74) is 0.997. The van der Waals surface area contributed by atoms with Crippen molar-refractivity contribution in [3.8, 4) is 12.0 Å². The number of aromatic nitrogens is 5. The molecule has 0 saturated heterocycles. The Labute approximate surface area is 124 Å². The van der Waals surface area contributed by atoms with Gasteiger partial charge < -0.3 is 10.1 Å². The summed E-state index contributed by atoms with van der Waals surface area (Å²) in [5.74, 6) is 1.32. The summed E-state index contributed by atoms with van der Waals surface area (Å²) in [6.07, 6.45) is 2.84. The number of hydrogen-bond donors (Lipinski definition) is 1. The van der Waals surface area contributed by atoms with Crippen molar-refractivity contribution in [1.82, 2.24) is 24.7 Å². The second kappa shape index (κ2) is 7.01. The SMILES string of the molecule is CCCNc1nc(OCC)nc(-n2ccc(C(C)C)n2)n1. The molecule has 7 nitrogen and oxygen atoms in total. The van der Waals surface area contributed by atoms with Crippen LogP contribution in [0.4, 0.5) is 5.95 Å². The van der Waals surface area contributed by atoms with Crippen LogP contribution < -0.4 is 10.1 Å². The largest absolute Gasteiger partial charge is 0.464 e. The first-order valence-electron chi connectivity index (χ1n) is 7.32. The third-order valence-electron chi connectivity index (χ3n) is 2.82. The van der Waals surface area contributed by atoms with Crippen molar-refractivity contribution in [2.45, 2.75) is 40.0 Å². The maximum absolute atomic E-state index is 5.40. The summed E-state index contributed by atoms with van der Waals surface area (Å²) >= 11 is 0. The molecule has 2 aromatic heterocycles. The highest BCUT2D eigenvalue weighted by Crippen LogP contribution is 2.14. The predicted octanol–water partition coefficient (Wildman–Crippen LogP) is 2.40. The summed E-state index contributed by atoms with van der Waals surface area (Å²) < 4.78 is 7.05. The molecule has 0 saturated carbocycles. The average Bonchev–Trinajstić information content (AvgIpc) is 2.95. The Kier molecular flexibility index (Phi) is 5.08. The van der Waals surface area contributed by atoms with E-state index >= 15 is 0 Å². The molecule has 2 heterocycles. The summed E-state index contributed by atoms with van der Waals surface area (Å²) in [4.78, 5) is 12.9. The van der Waals surface area contributed by atoms with Crippen molar-refractivity contribution in [1.29, 1.82) is 0 Å². The molecule has 0 spiro atoms. The van der Waals surface area contributed by atoms with E-state index in [9.17, 15) is 0 Å².